The van der Waals surface area contributed by atoms with E-state index in [-0.39, 0.29) is 0 Å². The number of aromatic amines is 1. The van der Waals surface area contributed by atoms with Crippen LogP contribution in [0.15, 0.2) is 27.6 Å². The number of nitriles is 1. The van der Waals surface area contributed by atoms with Crippen molar-refractivity contribution < 1.29 is 4.42 Å². The summed E-state index contributed by atoms with van der Waals surface area (Å²) >= 11 is 6.25. The van der Waals surface area contributed by atoms with Crippen molar-refractivity contribution in [3.8, 4) is 6.19 Å². The summed E-state index contributed by atoms with van der Waals surface area (Å²) < 4.78 is 5.28. The highest BCUT2D eigenvalue weighted by Gasteiger charge is 2.01. The third-order valence-electron chi connectivity index (χ3n) is 1.99. The highest BCUT2D eigenvalue weighted by Crippen LogP contribution is 2.21. The number of aromatic nitrogens is 1. The van der Waals surface area contributed by atoms with Crippen molar-refractivity contribution in [2.75, 3.05) is 6.26 Å². The van der Waals surface area contributed by atoms with Gasteiger partial charge in [-0.2, -0.15) is 5.26 Å². The monoisotopic (exact) mass is 264 g/mol. The molecule has 0 spiro atoms. The van der Waals surface area contributed by atoms with Crippen molar-refractivity contribution in [3.63, 3.8) is 0 Å². The van der Waals surface area contributed by atoms with E-state index in [4.69, 9.17) is 21.9 Å². The lowest BCUT2D eigenvalue weighted by Crippen LogP contribution is -2.12. The smallest absolute Gasteiger partial charge is 0.266 e. The topological polar surface area (TPSA) is 77.1 Å². The van der Waals surface area contributed by atoms with Crippen LogP contribution in [0.25, 0.3) is 11.1 Å². The van der Waals surface area contributed by atoms with Crippen LogP contribution in [0, 0.1) is 16.3 Å². The van der Waals surface area contributed by atoms with E-state index < -0.39 is 0 Å². The minimum absolute atomic E-state index is 0.335. The molecule has 5 nitrogen and oxygen atoms in total. The lowest BCUT2D eigenvalue weighted by atomic mass is 10.3. The Hall–Kier alpha value is -1.78. The molecule has 17 heavy (non-hydrogen) atoms. The first-order valence-electron chi connectivity index (χ1n) is 4.63. The van der Waals surface area contributed by atoms with Gasteiger partial charge in [0.2, 0.25) is 0 Å². The number of nitrogens with one attached hydrogen (secondary N) is 2. The van der Waals surface area contributed by atoms with E-state index in [1.807, 2.05) is 24.6 Å². The highest BCUT2D eigenvalue weighted by molar-refractivity contribution is 8.13. The predicted molar refractivity (Wildman–Crippen MR) is 70.8 cm³/mol. The van der Waals surface area contributed by atoms with Crippen LogP contribution in [0.4, 0.5) is 5.69 Å². The summed E-state index contributed by atoms with van der Waals surface area (Å²) in [7, 11) is 0. The first-order valence-corrected chi connectivity index (χ1v) is 6.27. The molecule has 2 N–H and O–H groups in total. The quantitative estimate of drug-likeness (QED) is 0.272. The van der Waals surface area contributed by atoms with Crippen molar-refractivity contribution in [2.24, 2.45) is 4.99 Å². The predicted octanol–water partition coefficient (Wildman–Crippen LogP) is 2.91. The number of fused-ring (bicyclic) bond motifs is 1. The first-order chi connectivity index (χ1) is 8.22. The van der Waals surface area contributed by atoms with Crippen molar-refractivity contribution in [3.05, 3.63) is 23.0 Å². The van der Waals surface area contributed by atoms with Crippen molar-refractivity contribution in [1.29, 1.82) is 5.26 Å². The van der Waals surface area contributed by atoms with Crippen molar-refractivity contribution >= 4 is 45.9 Å². The maximum absolute atomic E-state index is 8.53. The number of nitrogens with zero attached hydrogens (tertiary/aromatic N) is 2. The molecular weight excluding hydrogens is 256 g/mol. The van der Waals surface area contributed by atoms with E-state index in [0.717, 1.165) is 5.52 Å². The summed E-state index contributed by atoms with van der Waals surface area (Å²) in [5, 5.41) is 11.6. The fourth-order valence-electron chi connectivity index (χ4n) is 1.29. The lowest BCUT2D eigenvalue weighted by molar-refractivity contribution is 0.583. The summed E-state index contributed by atoms with van der Waals surface area (Å²) in [4.78, 5) is 7.50. The van der Waals surface area contributed by atoms with Crippen LogP contribution in [0.3, 0.4) is 0 Å². The van der Waals surface area contributed by atoms with Gasteiger partial charge in [0, 0.05) is 6.07 Å². The van der Waals surface area contributed by atoms with Crippen LogP contribution in [-0.2, 0) is 0 Å². The van der Waals surface area contributed by atoms with Gasteiger partial charge in [0.05, 0.1) is 11.2 Å². The van der Waals surface area contributed by atoms with E-state index in [0.29, 0.717) is 21.3 Å². The molecule has 7 heteroatoms. The summed E-state index contributed by atoms with van der Waals surface area (Å²) in [6.07, 6.45) is 3.67. The second-order valence-electron chi connectivity index (χ2n) is 3.05. The van der Waals surface area contributed by atoms with Crippen molar-refractivity contribution in [1.82, 2.24) is 10.3 Å². The fraction of sp³-hybridized carbons (Fsp3) is 0.100. The zero-order valence-corrected chi connectivity index (χ0v) is 10.5. The fourth-order valence-corrected chi connectivity index (χ4v) is 1.84. The SMILES string of the molecule is CSC(=Nc1ccc2[nH]c(=S)oc2c1)NC#N. The average Bonchev–Trinajstić information content (AvgIpc) is 2.68. The number of oxazole rings is 1. The molecule has 0 unspecified atom stereocenters. The highest BCUT2D eigenvalue weighted by atomic mass is 32.2. The van der Waals surface area contributed by atoms with E-state index in [1.165, 1.54) is 11.8 Å². The molecule has 0 saturated carbocycles. The van der Waals surface area contributed by atoms with Crippen LogP contribution < -0.4 is 5.32 Å². The Bertz CT molecular complexity index is 665. The molecule has 0 bridgehead atoms. The minimum Gasteiger partial charge on any atom is -0.429 e. The minimum atomic E-state index is 0.335. The Morgan fingerprint density at radius 3 is 3.18 bits per heavy atom. The first kappa shape index (κ1) is 11.7. The average molecular weight is 264 g/mol. The van der Waals surface area contributed by atoms with Crippen molar-refractivity contribution in [2.45, 2.75) is 0 Å². The number of rotatable bonds is 1. The molecular formula is C10H8N4OS2. The molecule has 1 aromatic heterocycles. The zero-order valence-electron chi connectivity index (χ0n) is 8.85. The number of thioether (sulfide) groups is 1. The van der Waals surface area contributed by atoms with Crippen LogP contribution in [0.5, 0.6) is 0 Å². The van der Waals surface area contributed by atoms with Gasteiger partial charge in [-0.15, -0.1) is 0 Å². The van der Waals surface area contributed by atoms with Gasteiger partial charge in [-0.3, -0.25) is 5.32 Å². The number of hydrogen-bond acceptors (Lipinski definition) is 5. The molecule has 0 aliphatic carbocycles. The standard InChI is InChI=1S/C10H8N4OS2/c1-17-9(12-5-11)13-6-2-3-7-8(4-6)15-10(16)14-7/h2-4H,1H3,(H,12,13)(H,14,16). The van der Waals surface area contributed by atoms with Crippen LogP contribution >= 0.6 is 24.0 Å². The Morgan fingerprint density at radius 1 is 1.65 bits per heavy atom. The van der Waals surface area contributed by atoms with Crippen LogP contribution in [-0.4, -0.2) is 16.4 Å². The maximum atomic E-state index is 8.53. The number of aliphatic imine (C=N–C) groups is 1. The van der Waals surface area contributed by atoms with Gasteiger partial charge in [-0.05, 0) is 30.6 Å². The molecule has 0 aliphatic rings. The second kappa shape index (κ2) is 5.03. The molecule has 1 heterocycles. The van der Waals surface area contributed by atoms with Gasteiger partial charge in [0.15, 0.2) is 16.9 Å². The van der Waals surface area contributed by atoms with Crippen LogP contribution in [0.2, 0.25) is 0 Å². The third-order valence-corrected chi connectivity index (χ3v) is 2.76. The summed E-state index contributed by atoms with van der Waals surface area (Å²) in [5.41, 5.74) is 2.17. The Balaban J connectivity index is 2.42. The molecule has 0 radical (unpaired) electrons. The molecule has 2 aromatic rings. The van der Waals surface area contributed by atoms with Gasteiger partial charge in [-0.25, -0.2) is 4.99 Å². The molecule has 0 fully saturated rings. The molecule has 0 atom stereocenters. The van der Waals surface area contributed by atoms with E-state index >= 15 is 0 Å². The second-order valence-corrected chi connectivity index (χ2v) is 4.22. The van der Waals surface area contributed by atoms with Gasteiger partial charge in [0.1, 0.15) is 0 Å². The van der Waals surface area contributed by atoms with E-state index in [9.17, 15) is 0 Å². The van der Waals surface area contributed by atoms with Crippen LogP contribution in [0.1, 0.15) is 0 Å². The number of hydrogen-bond donors (Lipinski definition) is 2. The lowest BCUT2D eigenvalue weighted by Gasteiger charge is -1.99. The Labute approximate surface area is 107 Å². The van der Waals surface area contributed by atoms with Gasteiger partial charge < -0.3 is 9.40 Å². The largest absolute Gasteiger partial charge is 0.429 e. The Kier molecular flexibility index (Phi) is 3.46. The Morgan fingerprint density at radius 2 is 2.47 bits per heavy atom. The summed E-state index contributed by atoms with van der Waals surface area (Å²) in [6.45, 7) is 0. The summed E-state index contributed by atoms with van der Waals surface area (Å²) in [5.74, 6) is 0. The number of benzene rings is 1. The molecule has 2 rings (SSSR count). The number of H-pyrrole nitrogens is 1. The summed E-state index contributed by atoms with van der Waals surface area (Å²) in [6, 6.07) is 5.41. The van der Waals surface area contributed by atoms with E-state index in [1.54, 1.807) is 6.07 Å². The zero-order chi connectivity index (χ0) is 12.3. The number of amidine groups is 1. The molecule has 0 aliphatic heterocycles. The normalized spacial score (nSPS) is 11.4. The van der Waals surface area contributed by atoms with Gasteiger partial charge in [-0.1, -0.05) is 11.8 Å². The molecule has 1 aromatic carbocycles. The maximum Gasteiger partial charge on any atom is 0.266 e. The molecule has 86 valence electrons. The van der Waals surface area contributed by atoms with Gasteiger partial charge >= 0.3 is 0 Å². The van der Waals surface area contributed by atoms with Gasteiger partial charge in [0.25, 0.3) is 4.84 Å². The molecule has 0 amide bonds. The molecule has 0 saturated heterocycles. The third kappa shape index (κ3) is 2.67. The van der Waals surface area contributed by atoms with E-state index in [2.05, 4.69) is 15.3 Å².